The Hall–Kier alpha value is -0.413. The summed E-state index contributed by atoms with van der Waals surface area (Å²) < 4.78 is 6.05. The molecule has 0 spiro atoms. The van der Waals surface area contributed by atoms with Gasteiger partial charge in [-0.1, -0.05) is 26.8 Å². The number of Topliss-reactive ketones (excluding diaryl/α,β-unsaturated/α-hetero) is 1. The van der Waals surface area contributed by atoms with Crippen LogP contribution >= 0.6 is 0 Å². The van der Waals surface area contributed by atoms with Crippen LogP contribution < -0.4 is 0 Å². The second-order valence-electron chi connectivity index (χ2n) is 6.05. The van der Waals surface area contributed by atoms with Crippen LogP contribution in [-0.4, -0.2) is 20.7 Å². The molecule has 92 valence electrons. The highest BCUT2D eigenvalue weighted by Gasteiger charge is 2.37. The van der Waals surface area contributed by atoms with E-state index in [9.17, 15) is 4.79 Å². The summed E-state index contributed by atoms with van der Waals surface area (Å²) in [6.07, 6.45) is 4.49. The lowest BCUT2D eigenvalue weighted by Crippen LogP contribution is -2.41. The molecule has 3 heteroatoms. The summed E-state index contributed by atoms with van der Waals surface area (Å²) in [6, 6.07) is 0. The molecule has 0 aromatic heterocycles. The molecule has 0 aromatic carbocycles. The van der Waals surface area contributed by atoms with Crippen molar-refractivity contribution in [2.24, 2.45) is 0 Å². The standard InChI is InChI=1S/C13H24O2Si/c1-13(2,3)16(4,5)15-10-9-11-7-6-8-12(11)14/h7H,6,8-10H2,1-5H3. The fraction of sp³-hybridized carbons (Fsp3) is 0.769. The van der Waals surface area contributed by atoms with Gasteiger partial charge in [0.2, 0.25) is 0 Å². The van der Waals surface area contributed by atoms with Gasteiger partial charge in [-0.25, -0.2) is 0 Å². The average Bonchev–Trinajstić information content (AvgIpc) is 2.49. The molecule has 0 aliphatic heterocycles. The van der Waals surface area contributed by atoms with Crippen LogP contribution in [0.3, 0.4) is 0 Å². The third-order valence-corrected chi connectivity index (χ3v) is 8.30. The van der Waals surface area contributed by atoms with E-state index < -0.39 is 8.32 Å². The topological polar surface area (TPSA) is 26.3 Å². The van der Waals surface area contributed by atoms with Gasteiger partial charge in [0, 0.05) is 13.0 Å². The van der Waals surface area contributed by atoms with Gasteiger partial charge in [-0.15, -0.1) is 0 Å². The highest BCUT2D eigenvalue weighted by molar-refractivity contribution is 6.74. The summed E-state index contributed by atoms with van der Waals surface area (Å²) in [5, 5.41) is 0.251. The van der Waals surface area contributed by atoms with Crippen LogP contribution in [0, 0.1) is 0 Å². The van der Waals surface area contributed by atoms with Crippen molar-refractivity contribution < 1.29 is 9.22 Å². The van der Waals surface area contributed by atoms with E-state index in [0.29, 0.717) is 18.8 Å². The second kappa shape index (κ2) is 4.84. The molecule has 1 aliphatic rings. The van der Waals surface area contributed by atoms with Crippen molar-refractivity contribution >= 4 is 14.1 Å². The van der Waals surface area contributed by atoms with Crippen LogP contribution in [0.5, 0.6) is 0 Å². The number of hydrogen-bond acceptors (Lipinski definition) is 2. The zero-order valence-electron chi connectivity index (χ0n) is 11.2. The number of carbonyl (C=O) groups excluding carboxylic acids is 1. The molecule has 0 radical (unpaired) electrons. The number of carbonyl (C=O) groups is 1. The molecule has 0 amide bonds. The Morgan fingerprint density at radius 3 is 2.44 bits per heavy atom. The zero-order chi connectivity index (χ0) is 12.4. The summed E-state index contributed by atoms with van der Waals surface area (Å²) in [4.78, 5) is 11.4. The molecule has 0 saturated heterocycles. The van der Waals surface area contributed by atoms with Gasteiger partial charge < -0.3 is 4.43 Å². The van der Waals surface area contributed by atoms with Gasteiger partial charge >= 0.3 is 0 Å². The lowest BCUT2D eigenvalue weighted by molar-refractivity contribution is -0.115. The van der Waals surface area contributed by atoms with Crippen molar-refractivity contribution in [3.8, 4) is 0 Å². The fourth-order valence-corrected chi connectivity index (χ4v) is 2.57. The van der Waals surface area contributed by atoms with E-state index in [1.807, 2.05) is 0 Å². The quantitative estimate of drug-likeness (QED) is 0.701. The van der Waals surface area contributed by atoms with Crippen molar-refractivity contribution in [1.82, 2.24) is 0 Å². The van der Waals surface area contributed by atoms with Crippen LogP contribution in [0.15, 0.2) is 11.6 Å². The smallest absolute Gasteiger partial charge is 0.191 e. The Kier molecular flexibility index (Phi) is 4.13. The summed E-state index contributed by atoms with van der Waals surface area (Å²) in [6.45, 7) is 11.9. The molecule has 1 aliphatic carbocycles. The fourth-order valence-electron chi connectivity index (χ4n) is 1.53. The Morgan fingerprint density at radius 2 is 2.00 bits per heavy atom. The monoisotopic (exact) mass is 240 g/mol. The molecule has 0 N–H and O–H groups in total. The number of rotatable bonds is 4. The van der Waals surface area contributed by atoms with E-state index in [4.69, 9.17) is 4.43 Å². The maximum atomic E-state index is 11.4. The van der Waals surface area contributed by atoms with Crippen LogP contribution in [0.25, 0.3) is 0 Å². The first-order valence-electron chi connectivity index (χ1n) is 6.10. The van der Waals surface area contributed by atoms with Crippen molar-refractivity contribution in [3.05, 3.63) is 11.6 Å². The first kappa shape index (κ1) is 13.7. The molecule has 1 rings (SSSR count). The lowest BCUT2D eigenvalue weighted by Gasteiger charge is -2.36. The van der Waals surface area contributed by atoms with Gasteiger partial charge in [-0.3, -0.25) is 4.79 Å². The molecule has 0 heterocycles. The van der Waals surface area contributed by atoms with Gasteiger partial charge in [0.25, 0.3) is 0 Å². The Balaban J connectivity index is 2.38. The summed E-state index contributed by atoms with van der Waals surface area (Å²) in [5.74, 6) is 0.318. The minimum atomic E-state index is -1.64. The maximum Gasteiger partial charge on any atom is 0.191 e. The van der Waals surface area contributed by atoms with E-state index >= 15 is 0 Å². The minimum Gasteiger partial charge on any atom is -0.416 e. The third kappa shape index (κ3) is 3.29. The summed E-state index contributed by atoms with van der Waals surface area (Å²) >= 11 is 0. The third-order valence-electron chi connectivity index (χ3n) is 3.76. The van der Waals surface area contributed by atoms with Crippen LogP contribution in [0.4, 0.5) is 0 Å². The van der Waals surface area contributed by atoms with Crippen molar-refractivity contribution in [2.75, 3.05) is 6.61 Å². The number of allylic oxidation sites excluding steroid dienone is 1. The highest BCUT2D eigenvalue weighted by Crippen LogP contribution is 2.36. The molecule has 0 saturated carbocycles. The first-order valence-corrected chi connectivity index (χ1v) is 9.01. The van der Waals surface area contributed by atoms with Crippen molar-refractivity contribution in [1.29, 1.82) is 0 Å². The van der Waals surface area contributed by atoms with E-state index in [-0.39, 0.29) is 5.04 Å². The average molecular weight is 240 g/mol. The lowest BCUT2D eigenvalue weighted by atomic mass is 10.1. The Labute approximate surface area is 100 Å². The van der Waals surface area contributed by atoms with Gasteiger partial charge in [-0.2, -0.15) is 0 Å². The molecule has 0 aromatic rings. The predicted molar refractivity (Wildman–Crippen MR) is 70.1 cm³/mol. The zero-order valence-corrected chi connectivity index (χ0v) is 12.2. The van der Waals surface area contributed by atoms with E-state index in [0.717, 1.165) is 18.4 Å². The van der Waals surface area contributed by atoms with Gasteiger partial charge in [-0.05, 0) is 36.5 Å². The second-order valence-corrected chi connectivity index (χ2v) is 10.9. The Bertz CT molecular complexity index is 298. The summed E-state index contributed by atoms with van der Waals surface area (Å²) in [7, 11) is -1.64. The molecular formula is C13H24O2Si. The molecule has 16 heavy (non-hydrogen) atoms. The van der Waals surface area contributed by atoms with Gasteiger partial charge in [0.05, 0.1) is 0 Å². The van der Waals surface area contributed by atoms with Gasteiger partial charge in [0.1, 0.15) is 0 Å². The van der Waals surface area contributed by atoms with E-state index in [1.165, 1.54) is 0 Å². The first-order chi connectivity index (χ1) is 7.24. The van der Waals surface area contributed by atoms with Gasteiger partial charge in [0.15, 0.2) is 14.1 Å². The minimum absolute atomic E-state index is 0.251. The summed E-state index contributed by atoms with van der Waals surface area (Å²) in [5.41, 5.74) is 0.985. The van der Waals surface area contributed by atoms with E-state index in [1.54, 1.807) is 0 Å². The van der Waals surface area contributed by atoms with Crippen molar-refractivity contribution in [2.45, 2.75) is 58.2 Å². The Morgan fingerprint density at radius 1 is 1.38 bits per heavy atom. The number of hydrogen-bond donors (Lipinski definition) is 0. The molecule has 2 nitrogen and oxygen atoms in total. The van der Waals surface area contributed by atoms with Crippen LogP contribution in [-0.2, 0) is 9.22 Å². The molecule has 0 unspecified atom stereocenters. The largest absolute Gasteiger partial charge is 0.416 e. The normalized spacial score (nSPS) is 17.8. The predicted octanol–water partition coefficient (Wildman–Crippen LogP) is 3.69. The van der Waals surface area contributed by atoms with Crippen LogP contribution in [0.2, 0.25) is 18.1 Å². The number of ketones is 1. The molecule has 0 bridgehead atoms. The molecule has 0 atom stereocenters. The molecule has 0 fully saturated rings. The SMILES string of the molecule is CC(C)(C)[Si](C)(C)OCCC1=CCCC1=O. The van der Waals surface area contributed by atoms with Crippen molar-refractivity contribution in [3.63, 3.8) is 0 Å². The van der Waals surface area contributed by atoms with Crippen LogP contribution in [0.1, 0.15) is 40.0 Å². The van der Waals surface area contributed by atoms with E-state index in [2.05, 4.69) is 39.9 Å². The highest BCUT2D eigenvalue weighted by atomic mass is 28.4. The molecular weight excluding hydrogens is 216 g/mol. The maximum absolute atomic E-state index is 11.4.